The quantitative estimate of drug-likeness (QED) is 0.186. The van der Waals surface area contributed by atoms with E-state index in [1.54, 1.807) is 0 Å². The highest BCUT2D eigenvalue weighted by atomic mass is 33.1. The van der Waals surface area contributed by atoms with Crippen molar-refractivity contribution in [1.82, 2.24) is 0 Å². The van der Waals surface area contributed by atoms with Crippen LogP contribution in [0, 0.1) is 0 Å². The number of ether oxygens (including phenoxy) is 6. The van der Waals surface area contributed by atoms with Gasteiger partial charge in [0.25, 0.3) is 10.2 Å². The molecule has 0 aromatic rings. The molecule has 0 bridgehead atoms. The topological polar surface area (TPSA) is 55.4 Å². The zero-order valence-corrected chi connectivity index (χ0v) is 28.3. The smallest absolute Gasteiger partial charge is 0.253 e. The van der Waals surface area contributed by atoms with Gasteiger partial charge in [-0.25, -0.2) is 0 Å². The molecule has 0 amide bonds. The zero-order chi connectivity index (χ0) is 29.1. The third-order valence-corrected chi connectivity index (χ3v) is 6.44. The third kappa shape index (κ3) is 18.7. The summed E-state index contributed by atoms with van der Waals surface area (Å²) in [6.07, 6.45) is 0. The van der Waals surface area contributed by atoms with Crippen LogP contribution in [0.1, 0.15) is 125 Å². The average molecular weight is 555 g/mol. The van der Waals surface area contributed by atoms with Gasteiger partial charge in [-0.15, -0.1) is 0 Å². The van der Waals surface area contributed by atoms with E-state index in [1.165, 1.54) is 21.6 Å². The predicted molar refractivity (Wildman–Crippen MR) is 155 cm³/mol. The molecular weight excluding hydrogens is 496 g/mol. The minimum Gasteiger partial charge on any atom is -0.369 e. The zero-order valence-electron chi connectivity index (χ0n) is 26.7. The minimum atomic E-state index is -1.15. The third-order valence-electron chi connectivity index (χ3n) is 3.51. The first-order chi connectivity index (χ1) is 15.4. The van der Waals surface area contributed by atoms with Crippen LogP contribution in [-0.4, -0.2) is 57.1 Å². The van der Waals surface area contributed by atoms with Crippen molar-refractivity contribution in [3.63, 3.8) is 0 Å². The van der Waals surface area contributed by atoms with Gasteiger partial charge < -0.3 is 28.4 Å². The van der Waals surface area contributed by atoms with E-state index >= 15 is 0 Å². The van der Waals surface area contributed by atoms with Gasteiger partial charge in [0.2, 0.25) is 0 Å². The van der Waals surface area contributed by atoms with E-state index in [2.05, 4.69) is 0 Å². The average Bonchev–Trinajstić information content (AvgIpc) is 2.49. The Kier molecular flexibility index (Phi) is 12.5. The van der Waals surface area contributed by atoms with Gasteiger partial charge in [-0.2, -0.15) is 0 Å². The van der Waals surface area contributed by atoms with Crippen LogP contribution in [-0.2, 0) is 28.4 Å². The Hall–Kier alpha value is 0.460. The molecule has 0 N–H and O–H groups in total. The second-order valence-corrected chi connectivity index (χ2v) is 17.8. The molecule has 0 heterocycles. The molecule has 0 radical (unpaired) electrons. The first-order valence-corrected chi connectivity index (χ1v) is 15.1. The van der Waals surface area contributed by atoms with E-state index in [9.17, 15) is 0 Å². The standard InChI is InChI=1S/C28H58O6S2/c1-21(2,3)29-19-27(31-23(7,8)9,32-24(10,11)12)35-36-28(33-25(13,14)15,34-26(16,17)18)20-30-22(4,5)6/h19-20H2,1-18H3. The summed E-state index contributed by atoms with van der Waals surface area (Å²) < 4.78 is 39.1. The molecule has 0 saturated heterocycles. The lowest BCUT2D eigenvalue weighted by Gasteiger charge is -2.46. The van der Waals surface area contributed by atoms with Crippen LogP contribution in [0.4, 0.5) is 0 Å². The van der Waals surface area contributed by atoms with Crippen molar-refractivity contribution >= 4 is 21.6 Å². The fourth-order valence-corrected chi connectivity index (χ4v) is 5.94. The summed E-state index contributed by atoms with van der Waals surface area (Å²) in [6, 6.07) is 0. The Morgan fingerprint density at radius 1 is 0.333 bits per heavy atom. The number of hydrogen-bond acceptors (Lipinski definition) is 8. The fraction of sp³-hybridized carbons (Fsp3) is 1.00. The van der Waals surface area contributed by atoms with E-state index in [0.29, 0.717) is 0 Å². The lowest BCUT2D eigenvalue weighted by molar-refractivity contribution is -0.285. The van der Waals surface area contributed by atoms with Gasteiger partial charge in [0.15, 0.2) is 0 Å². The second kappa shape index (κ2) is 12.3. The molecule has 6 nitrogen and oxygen atoms in total. The molecule has 36 heavy (non-hydrogen) atoms. The van der Waals surface area contributed by atoms with Crippen LogP contribution >= 0.6 is 21.6 Å². The normalized spacial score (nSPS) is 15.5. The maximum absolute atomic E-state index is 6.64. The van der Waals surface area contributed by atoms with Gasteiger partial charge >= 0.3 is 0 Å². The Labute approximate surface area is 231 Å². The van der Waals surface area contributed by atoms with Crippen LogP contribution in [0.2, 0.25) is 0 Å². The van der Waals surface area contributed by atoms with Crippen molar-refractivity contribution in [1.29, 1.82) is 0 Å². The summed E-state index contributed by atoms with van der Waals surface area (Å²) in [7, 11) is 2.84. The lowest BCUT2D eigenvalue weighted by atomic mass is 10.1. The second-order valence-electron chi connectivity index (χ2n) is 15.2. The van der Waals surface area contributed by atoms with Crippen LogP contribution in [0.25, 0.3) is 0 Å². The Morgan fingerprint density at radius 3 is 0.667 bits per heavy atom. The van der Waals surface area contributed by atoms with Crippen molar-refractivity contribution in [2.24, 2.45) is 0 Å². The molecule has 0 atom stereocenters. The first-order valence-electron chi connectivity index (χ1n) is 12.9. The van der Waals surface area contributed by atoms with Crippen molar-refractivity contribution in [2.45, 2.75) is 168 Å². The molecule has 0 fully saturated rings. The van der Waals surface area contributed by atoms with Gasteiger partial charge in [0, 0.05) is 0 Å². The molecule has 0 aromatic carbocycles. The summed E-state index contributed by atoms with van der Waals surface area (Å²) in [5.41, 5.74) is -2.76. The van der Waals surface area contributed by atoms with Crippen molar-refractivity contribution in [3.05, 3.63) is 0 Å². The molecule has 0 aromatic heterocycles. The Balaban J connectivity index is 6.62. The monoisotopic (exact) mass is 554 g/mol. The minimum absolute atomic E-state index is 0.212. The van der Waals surface area contributed by atoms with E-state index in [0.717, 1.165) is 0 Å². The van der Waals surface area contributed by atoms with Crippen molar-refractivity contribution in [3.8, 4) is 0 Å². The van der Waals surface area contributed by atoms with Crippen molar-refractivity contribution in [2.75, 3.05) is 13.2 Å². The molecule has 0 aliphatic heterocycles. The molecule has 0 rings (SSSR count). The van der Waals surface area contributed by atoms with Gasteiger partial charge in [0.1, 0.15) is 13.2 Å². The van der Waals surface area contributed by atoms with Gasteiger partial charge in [0.05, 0.1) is 33.6 Å². The van der Waals surface area contributed by atoms with Crippen LogP contribution < -0.4 is 0 Å². The van der Waals surface area contributed by atoms with Crippen molar-refractivity contribution < 1.29 is 28.4 Å². The molecule has 0 unspecified atom stereocenters. The summed E-state index contributed by atoms with van der Waals surface area (Å²) in [5.74, 6) is 0. The maximum atomic E-state index is 6.64. The summed E-state index contributed by atoms with van der Waals surface area (Å²) in [6.45, 7) is 36.8. The molecule has 218 valence electrons. The molecule has 0 spiro atoms. The number of rotatable bonds is 11. The summed E-state index contributed by atoms with van der Waals surface area (Å²) >= 11 is 0. The predicted octanol–water partition coefficient (Wildman–Crippen LogP) is 8.57. The highest BCUT2D eigenvalue weighted by molar-refractivity contribution is 8.77. The lowest BCUT2D eigenvalue weighted by Crippen LogP contribution is -2.51. The van der Waals surface area contributed by atoms with E-state index in [4.69, 9.17) is 28.4 Å². The highest BCUT2D eigenvalue weighted by Gasteiger charge is 2.49. The highest BCUT2D eigenvalue weighted by Crippen LogP contribution is 2.52. The molecule has 8 heteroatoms. The Bertz CT molecular complexity index is 562. The SMILES string of the molecule is CC(C)(C)OCC(OC(C)(C)C)(OC(C)(C)C)SSC(COC(C)(C)C)(OC(C)(C)C)OC(C)(C)C. The summed E-state index contributed by atoms with van der Waals surface area (Å²) in [4.78, 5) is 0. The number of hydrogen-bond donors (Lipinski definition) is 0. The fourth-order valence-electron chi connectivity index (χ4n) is 2.88. The van der Waals surface area contributed by atoms with Crippen LogP contribution in [0.15, 0.2) is 0 Å². The molecule has 0 aliphatic rings. The van der Waals surface area contributed by atoms with E-state index < -0.39 is 32.6 Å². The maximum Gasteiger partial charge on any atom is 0.253 e. The molecule has 0 aliphatic carbocycles. The molecular formula is C28H58O6S2. The van der Waals surface area contributed by atoms with Gasteiger partial charge in [-0.1, -0.05) is 0 Å². The largest absolute Gasteiger partial charge is 0.369 e. The molecule has 0 saturated carbocycles. The van der Waals surface area contributed by atoms with Gasteiger partial charge in [-0.3, -0.25) is 0 Å². The van der Waals surface area contributed by atoms with Crippen LogP contribution in [0.5, 0.6) is 0 Å². The van der Waals surface area contributed by atoms with E-state index in [1.807, 2.05) is 125 Å². The Morgan fingerprint density at radius 2 is 0.528 bits per heavy atom. The van der Waals surface area contributed by atoms with Crippen LogP contribution in [0.3, 0.4) is 0 Å². The van der Waals surface area contributed by atoms with Gasteiger partial charge in [-0.05, 0) is 146 Å². The van der Waals surface area contributed by atoms with E-state index in [-0.39, 0.29) is 24.4 Å². The first kappa shape index (κ1) is 36.5. The summed E-state index contributed by atoms with van der Waals surface area (Å²) in [5, 5.41) is -2.30.